The molecule has 3 heterocycles. The molecule has 0 aliphatic carbocycles. The van der Waals surface area contributed by atoms with Gasteiger partial charge in [-0.15, -0.1) is 0 Å². The number of aromatic hydroxyl groups is 1. The van der Waals surface area contributed by atoms with E-state index in [-0.39, 0.29) is 17.7 Å². The Hall–Kier alpha value is -4.77. The van der Waals surface area contributed by atoms with Crippen molar-refractivity contribution in [1.82, 2.24) is 19.9 Å². The smallest absolute Gasteiger partial charge is 0.296 e. The van der Waals surface area contributed by atoms with Gasteiger partial charge in [0, 0.05) is 12.1 Å². The largest absolute Gasteiger partial charge is 0.508 e. The van der Waals surface area contributed by atoms with Crippen molar-refractivity contribution in [2.45, 2.75) is 19.5 Å². The van der Waals surface area contributed by atoms with Gasteiger partial charge in [-0.25, -0.2) is 9.97 Å². The minimum atomic E-state index is -0.352. The maximum Gasteiger partial charge on any atom is 0.296 e. The van der Waals surface area contributed by atoms with E-state index in [1.165, 1.54) is 6.33 Å². The zero-order valence-electron chi connectivity index (χ0n) is 18.4. The van der Waals surface area contributed by atoms with Gasteiger partial charge in [-0.1, -0.05) is 24.6 Å². The maximum absolute atomic E-state index is 12.1. The molecule has 1 aliphatic rings. The van der Waals surface area contributed by atoms with Gasteiger partial charge in [0.05, 0.1) is 17.1 Å². The number of hydrogen-bond acceptors (Lipinski definition) is 6. The molecule has 0 unspecified atom stereocenters. The first-order valence-corrected chi connectivity index (χ1v) is 10.6. The molecule has 1 amide bonds. The number of hydrogen-bond donors (Lipinski definition) is 3. The lowest BCUT2D eigenvalue weighted by Gasteiger charge is -2.13. The van der Waals surface area contributed by atoms with Crippen molar-refractivity contribution >= 4 is 28.3 Å². The van der Waals surface area contributed by atoms with Crippen molar-refractivity contribution in [3.63, 3.8) is 0 Å². The van der Waals surface area contributed by atoms with Crippen LogP contribution in [-0.4, -0.2) is 31.6 Å². The van der Waals surface area contributed by atoms with Crippen LogP contribution in [0, 0.1) is 11.8 Å². The van der Waals surface area contributed by atoms with Crippen LogP contribution >= 0.6 is 0 Å². The molecule has 4 aromatic rings. The summed E-state index contributed by atoms with van der Waals surface area (Å²) in [7, 11) is 0. The van der Waals surface area contributed by atoms with Gasteiger partial charge in [-0.2, -0.15) is 0 Å². The molecule has 0 bridgehead atoms. The molecule has 1 atom stereocenters. The number of phenols is 1. The zero-order valence-corrected chi connectivity index (χ0v) is 18.4. The highest BCUT2D eigenvalue weighted by Gasteiger charge is 2.34. The molecular formula is C26H21N5O3. The predicted molar refractivity (Wildman–Crippen MR) is 130 cm³/mol. The molecule has 8 heteroatoms. The predicted octanol–water partition coefficient (Wildman–Crippen LogP) is 3.71. The first-order valence-electron chi connectivity index (χ1n) is 10.6. The van der Waals surface area contributed by atoms with Crippen LogP contribution in [0.1, 0.15) is 12.6 Å². The van der Waals surface area contributed by atoms with Crippen LogP contribution in [0.4, 0.5) is 5.82 Å². The fourth-order valence-corrected chi connectivity index (χ4v) is 4.22. The molecule has 0 radical (unpaired) electrons. The topological polar surface area (TPSA) is 115 Å². The third-order valence-corrected chi connectivity index (χ3v) is 5.72. The summed E-state index contributed by atoms with van der Waals surface area (Å²) >= 11 is 0. The van der Waals surface area contributed by atoms with Gasteiger partial charge in [-0.3, -0.25) is 4.79 Å². The third-order valence-electron chi connectivity index (χ3n) is 5.72. The number of nitrogens with one attached hydrogen (secondary N) is 1. The fourth-order valence-electron chi connectivity index (χ4n) is 4.22. The van der Waals surface area contributed by atoms with E-state index in [1.807, 2.05) is 28.8 Å². The highest BCUT2D eigenvalue weighted by molar-refractivity contribution is 6.07. The van der Waals surface area contributed by atoms with E-state index < -0.39 is 0 Å². The van der Waals surface area contributed by atoms with Gasteiger partial charge in [0.25, 0.3) is 5.91 Å². The molecule has 0 fully saturated rings. The summed E-state index contributed by atoms with van der Waals surface area (Å²) in [4.78, 5) is 20.8. The Morgan fingerprint density at radius 3 is 2.53 bits per heavy atom. The molecule has 0 saturated heterocycles. The summed E-state index contributed by atoms with van der Waals surface area (Å²) in [6, 6.07) is 13.8. The van der Waals surface area contributed by atoms with Crippen molar-refractivity contribution in [2.75, 3.05) is 5.73 Å². The van der Waals surface area contributed by atoms with Crippen LogP contribution in [0.5, 0.6) is 17.2 Å². The molecule has 2 aromatic carbocycles. The number of carbonyl (C=O) groups excluding carboxylic acids is 1. The number of anilines is 1. The lowest BCUT2D eigenvalue weighted by atomic mass is 9.97. The Morgan fingerprint density at radius 2 is 1.85 bits per heavy atom. The lowest BCUT2D eigenvalue weighted by Crippen LogP contribution is -2.34. The number of amides is 1. The normalized spacial score (nSPS) is 14.4. The minimum Gasteiger partial charge on any atom is -0.508 e. The standard InChI is InChI=1S/C26H21N5O3/c1-3-4-21(33)30-20-13-31-24(15(20)2)22(23-25(27)28-14-29-26(23)31)16-5-9-18(10-6-16)34-19-11-7-17(32)8-12-19/h5-12,14,20,32H,2,13H2,1H3,(H,30,33)(H2,27,28,29)/t20-/m1/s1. The van der Waals surface area contributed by atoms with Gasteiger partial charge < -0.3 is 25.5 Å². The fraction of sp³-hybridized carbons (Fsp3) is 0.115. The summed E-state index contributed by atoms with van der Waals surface area (Å²) in [5, 5.41) is 13.1. The molecule has 8 nitrogen and oxygen atoms in total. The van der Waals surface area contributed by atoms with Crippen LogP contribution in [0.3, 0.4) is 0 Å². The third kappa shape index (κ3) is 3.59. The number of ether oxygens (including phenoxy) is 1. The molecule has 5 rings (SSSR count). The first-order chi connectivity index (χ1) is 16.5. The van der Waals surface area contributed by atoms with Crippen LogP contribution in [0.15, 0.2) is 61.4 Å². The van der Waals surface area contributed by atoms with Crippen LogP contribution in [-0.2, 0) is 11.3 Å². The molecule has 1 aliphatic heterocycles. The van der Waals surface area contributed by atoms with Gasteiger partial charge in [-0.05, 0) is 60.4 Å². The van der Waals surface area contributed by atoms with Crippen molar-refractivity contribution < 1.29 is 14.6 Å². The minimum absolute atomic E-state index is 0.174. The van der Waals surface area contributed by atoms with E-state index in [9.17, 15) is 9.90 Å². The van der Waals surface area contributed by atoms with Crippen molar-refractivity contribution in [3.05, 3.63) is 67.1 Å². The Balaban J connectivity index is 1.54. The van der Waals surface area contributed by atoms with Crippen LogP contribution < -0.4 is 15.8 Å². The number of nitrogen functional groups attached to an aromatic ring is 1. The Morgan fingerprint density at radius 1 is 1.18 bits per heavy atom. The maximum atomic E-state index is 12.1. The number of rotatable bonds is 4. The number of aromatic nitrogens is 3. The summed E-state index contributed by atoms with van der Waals surface area (Å²) in [5.74, 6) is 6.57. The lowest BCUT2D eigenvalue weighted by molar-refractivity contribution is -0.116. The van der Waals surface area contributed by atoms with E-state index in [0.717, 1.165) is 27.8 Å². The number of benzene rings is 2. The zero-order chi connectivity index (χ0) is 23.8. The second-order valence-electron chi connectivity index (χ2n) is 7.84. The average molecular weight is 451 g/mol. The Labute approximate surface area is 195 Å². The van der Waals surface area contributed by atoms with Gasteiger partial charge in [0.2, 0.25) is 0 Å². The van der Waals surface area contributed by atoms with E-state index in [1.54, 1.807) is 31.2 Å². The monoisotopic (exact) mass is 451 g/mol. The molecule has 0 saturated carbocycles. The van der Waals surface area contributed by atoms with E-state index in [0.29, 0.717) is 29.5 Å². The first kappa shape index (κ1) is 21.1. The van der Waals surface area contributed by atoms with Gasteiger partial charge in [0.1, 0.15) is 35.0 Å². The Bertz CT molecular complexity index is 1490. The quantitative estimate of drug-likeness (QED) is 0.408. The second kappa shape index (κ2) is 8.30. The molecule has 168 valence electrons. The summed E-state index contributed by atoms with van der Waals surface area (Å²) < 4.78 is 7.88. The molecule has 0 spiro atoms. The second-order valence-corrected chi connectivity index (χ2v) is 7.84. The average Bonchev–Trinajstić information content (AvgIpc) is 3.31. The SMILES string of the molecule is C=C1c2c(-c3ccc(Oc4ccc(O)cc4)cc3)c3c(N)ncnc3n2C[C@H]1NC(=O)C#CC. The van der Waals surface area contributed by atoms with Gasteiger partial charge in [0.15, 0.2) is 0 Å². The highest BCUT2D eigenvalue weighted by atomic mass is 16.5. The summed E-state index contributed by atoms with van der Waals surface area (Å²) in [6.07, 6.45) is 1.43. The number of nitrogens with zero attached hydrogens (tertiary/aromatic N) is 3. The molecule has 2 aromatic heterocycles. The number of fused-ring (bicyclic) bond motifs is 3. The summed E-state index contributed by atoms with van der Waals surface area (Å²) in [6.45, 7) is 6.35. The number of carbonyl (C=O) groups is 1. The summed E-state index contributed by atoms with van der Waals surface area (Å²) in [5.41, 5.74) is 10.3. The van der Waals surface area contributed by atoms with Crippen molar-refractivity contribution in [2.24, 2.45) is 0 Å². The number of nitrogens with two attached hydrogens (primary N) is 1. The Kier molecular flexibility index (Phi) is 5.15. The van der Waals surface area contributed by atoms with E-state index in [2.05, 4.69) is 33.7 Å². The van der Waals surface area contributed by atoms with Gasteiger partial charge >= 0.3 is 0 Å². The van der Waals surface area contributed by atoms with E-state index in [4.69, 9.17) is 10.5 Å². The number of phenolic OH excluding ortho intramolecular Hbond substituents is 1. The molecule has 34 heavy (non-hydrogen) atoms. The van der Waals surface area contributed by atoms with Crippen molar-refractivity contribution in [1.29, 1.82) is 0 Å². The molecule has 4 N–H and O–H groups in total. The van der Waals surface area contributed by atoms with Crippen LogP contribution in [0.2, 0.25) is 0 Å². The van der Waals surface area contributed by atoms with Crippen molar-refractivity contribution in [3.8, 4) is 40.2 Å². The van der Waals surface area contributed by atoms with Crippen LogP contribution in [0.25, 0.3) is 27.7 Å². The molecular weight excluding hydrogens is 430 g/mol. The van der Waals surface area contributed by atoms with E-state index >= 15 is 0 Å². The highest BCUT2D eigenvalue weighted by Crippen LogP contribution is 2.44.